The van der Waals surface area contributed by atoms with Gasteiger partial charge in [0, 0.05) is 12.5 Å². The number of benzene rings is 1. The molecule has 0 aliphatic rings. The molecule has 1 N–H and O–H groups in total. The van der Waals surface area contributed by atoms with Crippen LogP contribution in [-0.2, 0) is 0 Å². The predicted molar refractivity (Wildman–Crippen MR) is 57.4 cm³/mol. The van der Waals surface area contributed by atoms with Gasteiger partial charge in [0.1, 0.15) is 0 Å². The maximum absolute atomic E-state index is 13.1. The zero-order valence-electron chi connectivity index (χ0n) is 8.95. The lowest BCUT2D eigenvalue weighted by Crippen LogP contribution is -2.16. The van der Waals surface area contributed by atoms with Crippen molar-refractivity contribution >= 4 is 0 Å². The van der Waals surface area contributed by atoms with Gasteiger partial charge in [0.25, 0.3) is 0 Å². The zero-order chi connectivity index (χ0) is 11.1. The normalized spacial score (nSPS) is 12.5. The standard InChI is InChI=1S/C12H17FO2/c1-2-5-10(8-14)9-15-12-7-4-3-6-11(12)13/h3-4,6-7,10,14H,2,5,8-9H2,1H3. The minimum atomic E-state index is -0.356. The van der Waals surface area contributed by atoms with E-state index in [0.717, 1.165) is 12.8 Å². The van der Waals surface area contributed by atoms with Gasteiger partial charge in [-0.2, -0.15) is 0 Å². The van der Waals surface area contributed by atoms with Crippen molar-refractivity contribution in [2.75, 3.05) is 13.2 Å². The molecule has 1 unspecified atom stereocenters. The third kappa shape index (κ3) is 3.88. The first-order valence-corrected chi connectivity index (χ1v) is 5.26. The summed E-state index contributed by atoms with van der Waals surface area (Å²) in [6.45, 7) is 2.50. The molecule has 0 radical (unpaired) electrons. The Kier molecular flexibility index (Phi) is 5.12. The second kappa shape index (κ2) is 6.40. The number of halogens is 1. The van der Waals surface area contributed by atoms with Crippen molar-refractivity contribution in [2.24, 2.45) is 5.92 Å². The van der Waals surface area contributed by atoms with E-state index in [1.807, 2.05) is 6.92 Å². The molecule has 1 aromatic carbocycles. The number of rotatable bonds is 6. The number of aliphatic hydroxyl groups excluding tert-OH is 1. The molecule has 0 heterocycles. The Balaban J connectivity index is 2.45. The van der Waals surface area contributed by atoms with Crippen LogP contribution in [0.3, 0.4) is 0 Å². The molecule has 1 atom stereocenters. The number of aliphatic hydroxyl groups is 1. The molecule has 0 saturated carbocycles. The van der Waals surface area contributed by atoms with E-state index in [1.165, 1.54) is 6.07 Å². The topological polar surface area (TPSA) is 29.5 Å². The Labute approximate surface area is 89.7 Å². The van der Waals surface area contributed by atoms with E-state index in [9.17, 15) is 4.39 Å². The van der Waals surface area contributed by atoms with Gasteiger partial charge in [-0.1, -0.05) is 25.5 Å². The van der Waals surface area contributed by atoms with E-state index >= 15 is 0 Å². The van der Waals surface area contributed by atoms with E-state index in [-0.39, 0.29) is 24.1 Å². The highest BCUT2D eigenvalue weighted by molar-refractivity contribution is 5.23. The maximum Gasteiger partial charge on any atom is 0.165 e. The van der Waals surface area contributed by atoms with Crippen molar-refractivity contribution in [2.45, 2.75) is 19.8 Å². The predicted octanol–water partition coefficient (Wildman–Crippen LogP) is 2.61. The molecule has 1 rings (SSSR count). The van der Waals surface area contributed by atoms with Crippen molar-refractivity contribution in [3.8, 4) is 5.75 Å². The Morgan fingerprint density at radius 1 is 1.40 bits per heavy atom. The molecule has 0 spiro atoms. The Morgan fingerprint density at radius 2 is 2.13 bits per heavy atom. The average Bonchev–Trinajstić information content (AvgIpc) is 2.26. The number of ether oxygens (including phenoxy) is 1. The van der Waals surface area contributed by atoms with Gasteiger partial charge in [0.2, 0.25) is 0 Å². The first-order chi connectivity index (χ1) is 7.27. The summed E-state index contributed by atoms with van der Waals surface area (Å²) in [6.07, 6.45) is 1.89. The first-order valence-electron chi connectivity index (χ1n) is 5.26. The maximum atomic E-state index is 13.1. The van der Waals surface area contributed by atoms with Crippen LogP contribution in [0.15, 0.2) is 24.3 Å². The molecule has 0 saturated heterocycles. The summed E-state index contributed by atoms with van der Waals surface area (Å²) in [4.78, 5) is 0. The van der Waals surface area contributed by atoms with Crippen LogP contribution in [0, 0.1) is 11.7 Å². The van der Waals surface area contributed by atoms with Crippen LogP contribution in [0.25, 0.3) is 0 Å². The summed E-state index contributed by atoms with van der Waals surface area (Å²) >= 11 is 0. The highest BCUT2D eigenvalue weighted by Crippen LogP contribution is 2.17. The molecule has 0 aliphatic heterocycles. The van der Waals surface area contributed by atoms with E-state index in [2.05, 4.69) is 0 Å². The van der Waals surface area contributed by atoms with Gasteiger partial charge in [-0.15, -0.1) is 0 Å². The molecule has 0 aliphatic carbocycles. The van der Waals surface area contributed by atoms with Gasteiger partial charge in [-0.3, -0.25) is 0 Å². The van der Waals surface area contributed by atoms with Gasteiger partial charge in [0.15, 0.2) is 11.6 Å². The van der Waals surface area contributed by atoms with Crippen molar-refractivity contribution < 1.29 is 14.2 Å². The van der Waals surface area contributed by atoms with Crippen LogP contribution in [0.2, 0.25) is 0 Å². The fraction of sp³-hybridized carbons (Fsp3) is 0.500. The quantitative estimate of drug-likeness (QED) is 0.785. The fourth-order valence-corrected chi connectivity index (χ4v) is 1.40. The smallest absolute Gasteiger partial charge is 0.165 e. The SMILES string of the molecule is CCCC(CO)COc1ccccc1F. The third-order valence-electron chi connectivity index (χ3n) is 2.27. The molecule has 15 heavy (non-hydrogen) atoms. The summed E-state index contributed by atoms with van der Waals surface area (Å²) in [5.74, 6) is -0.00709. The molecule has 0 amide bonds. The summed E-state index contributed by atoms with van der Waals surface area (Å²) in [6, 6.07) is 6.31. The molecule has 0 bridgehead atoms. The van der Waals surface area contributed by atoms with Crippen LogP contribution in [0.4, 0.5) is 4.39 Å². The molecule has 2 nitrogen and oxygen atoms in total. The van der Waals surface area contributed by atoms with Gasteiger partial charge < -0.3 is 9.84 Å². The molecular weight excluding hydrogens is 195 g/mol. The second-order valence-corrected chi connectivity index (χ2v) is 3.58. The van der Waals surface area contributed by atoms with Crippen molar-refractivity contribution in [1.82, 2.24) is 0 Å². The summed E-state index contributed by atoms with van der Waals surface area (Å²) < 4.78 is 18.4. The molecule has 1 aromatic rings. The number of hydrogen-bond donors (Lipinski definition) is 1. The van der Waals surface area contributed by atoms with Gasteiger partial charge in [-0.05, 0) is 18.6 Å². The summed E-state index contributed by atoms with van der Waals surface area (Å²) in [7, 11) is 0. The van der Waals surface area contributed by atoms with E-state index in [4.69, 9.17) is 9.84 Å². The monoisotopic (exact) mass is 212 g/mol. The van der Waals surface area contributed by atoms with Gasteiger partial charge in [0.05, 0.1) is 6.61 Å². The van der Waals surface area contributed by atoms with Crippen LogP contribution in [0.5, 0.6) is 5.75 Å². The molecule has 0 aromatic heterocycles. The van der Waals surface area contributed by atoms with Crippen molar-refractivity contribution in [3.05, 3.63) is 30.1 Å². The Bertz CT molecular complexity index is 289. The Hall–Kier alpha value is -1.09. The largest absolute Gasteiger partial charge is 0.490 e. The second-order valence-electron chi connectivity index (χ2n) is 3.58. The highest BCUT2D eigenvalue weighted by atomic mass is 19.1. The highest BCUT2D eigenvalue weighted by Gasteiger charge is 2.08. The number of para-hydroxylation sites is 1. The van der Waals surface area contributed by atoms with Crippen LogP contribution in [0.1, 0.15) is 19.8 Å². The molecule has 3 heteroatoms. The van der Waals surface area contributed by atoms with Crippen LogP contribution >= 0.6 is 0 Å². The molecule has 0 fully saturated rings. The first kappa shape index (κ1) is 12.0. The van der Waals surface area contributed by atoms with Crippen molar-refractivity contribution in [1.29, 1.82) is 0 Å². The Morgan fingerprint density at radius 3 is 2.73 bits per heavy atom. The summed E-state index contributed by atoms with van der Waals surface area (Å²) in [5.41, 5.74) is 0. The fourth-order valence-electron chi connectivity index (χ4n) is 1.40. The van der Waals surface area contributed by atoms with E-state index in [1.54, 1.807) is 18.2 Å². The van der Waals surface area contributed by atoms with Gasteiger partial charge >= 0.3 is 0 Å². The molecule has 84 valence electrons. The van der Waals surface area contributed by atoms with Crippen molar-refractivity contribution in [3.63, 3.8) is 0 Å². The lowest BCUT2D eigenvalue weighted by atomic mass is 10.1. The third-order valence-corrected chi connectivity index (χ3v) is 2.27. The van der Waals surface area contributed by atoms with E-state index in [0.29, 0.717) is 6.61 Å². The van der Waals surface area contributed by atoms with E-state index < -0.39 is 0 Å². The lowest BCUT2D eigenvalue weighted by Gasteiger charge is -2.14. The lowest BCUT2D eigenvalue weighted by molar-refractivity contribution is 0.152. The minimum absolute atomic E-state index is 0.0856. The minimum Gasteiger partial charge on any atom is -0.490 e. The van der Waals surface area contributed by atoms with Gasteiger partial charge in [-0.25, -0.2) is 4.39 Å². The van der Waals surface area contributed by atoms with Crippen LogP contribution < -0.4 is 4.74 Å². The van der Waals surface area contributed by atoms with Crippen LogP contribution in [-0.4, -0.2) is 18.3 Å². The molecular formula is C12H17FO2. The average molecular weight is 212 g/mol. The number of hydrogen-bond acceptors (Lipinski definition) is 2. The zero-order valence-corrected chi connectivity index (χ0v) is 8.95. The summed E-state index contributed by atoms with van der Waals surface area (Å²) in [5, 5.41) is 9.03.